The zero-order valence-electron chi connectivity index (χ0n) is 18.7. The van der Waals surface area contributed by atoms with E-state index in [4.69, 9.17) is 0 Å². The third-order valence-corrected chi connectivity index (χ3v) is 7.88. The minimum atomic E-state index is -3.80. The van der Waals surface area contributed by atoms with Gasteiger partial charge in [-0.3, -0.25) is 15.0 Å². The molecule has 3 aromatic rings. The Bertz CT molecular complexity index is 1380. The Hall–Kier alpha value is -3.35. The maximum absolute atomic E-state index is 13.1. The molecule has 1 aliphatic rings. The van der Waals surface area contributed by atoms with E-state index in [1.165, 1.54) is 33.0 Å². The first kappa shape index (κ1) is 23.8. The Labute approximate surface area is 196 Å². The number of rotatable bonds is 7. The van der Waals surface area contributed by atoms with Gasteiger partial charge in [-0.05, 0) is 24.6 Å². The molecule has 1 fully saturated rings. The van der Waals surface area contributed by atoms with Gasteiger partial charge in [0.25, 0.3) is 17.2 Å². The topological polar surface area (TPSA) is 129 Å². The van der Waals surface area contributed by atoms with Crippen LogP contribution in [0.5, 0.6) is 5.88 Å². The number of nitro benzene ring substituents is 1. The summed E-state index contributed by atoms with van der Waals surface area (Å²) in [6.45, 7) is 3.87. The number of sulfonamides is 1. The molecule has 180 valence electrons. The molecule has 0 amide bonds. The lowest BCUT2D eigenvalue weighted by Gasteiger charge is -2.33. The van der Waals surface area contributed by atoms with Crippen molar-refractivity contribution in [1.29, 1.82) is 0 Å². The van der Waals surface area contributed by atoms with Crippen molar-refractivity contribution in [3.8, 4) is 5.88 Å². The number of hydrogen-bond acceptors (Lipinski definition) is 7. The highest BCUT2D eigenvalue weighted by Crippen LogP contribution is 2.22. The molecule has 0 saturated carbocycles. The fourth-order valence-electron chi connectivity index (χ4n) is 4.16. The quantitative estimate of drug-likeness (QED) is 0.300. The number of nitro groups is 1. The van der Waals surface area contributed by atoms with Crippen LogP contribution in [0, 0.1) is 10.1 Å². The molecule has 2 aromatic heterocycles. The smallest absolute Gasteiger partial charge is 0.350 e. The van der Waals surface area contributed by atoms with Crippen molar-refractivity contribution >= 4 is 21.4 Å². The summed E-state index contributed by atoms with van der Waals surface area (Å²) in [5.74, 6) is -0.0704. The van der Waals surface area contributed by atoms with Crippen molar-refractivity contribution in [2.45, 2.75) is 31.3 Å². The minimum absolute atomic E-state index is 0.00224. The van der Waals surface area contributed by atoms with Gasteiger partial charge < -0.3 is 5.11 Å². The van der Waals surface area contributed by atoms with E-state index in [-0.39, 0.29) is 47.2 Å². The molecule has 12 heteroatoms. The maximum atomic E-state index is 13.1. The highest BCUT2D eigenvalue weighted by atomic mass is 32.2. The SMILES string of the molecule is CCC[n+]1c(O)c(CN2CCN(S(=O)(=O)c3ccc([N+](=O)[O-])cc3)CC2)c(=O)n2ccccc21. The summed E-state index contributed by atoms with van der Waals surface area (Å²) < 4.78 is 30.4. The Morgan fingerprint density at radius 1 is 1.09 bits per heavy atom. The van der Waals surface area contributed by atoms with Gasteiger partial charge in [-0.2, -0.15) is 13.3 Å². The highest BCUT2D eigenvalue weighted by Gasteiger charge is 2.31. The highest BCUT2D eigenvalue weighted by molar-refractivity contribution is 7.89. The second kappa shape index (κ2) is 9.49. The van der Waals surface area contributed by atoms with E-state index in [2.05, 4.69) is 0 Å². The number of aryl methyl sites for hydroxylation is 1. The normalized spacial score (nSPS) is 15.6. The van der Waals surface area contributed by atoms with Crippen LogP contribution >= 0.6 is 0 Å². The number of benzene rings is 1. The fourth-order valence-corrected chi connectivity index (χ4v) is 5.58. The molecule has 1 saturated heterocycles. The van der Waals surface area contributed by atoms with Crippen LogP contribution in [0.15, 0.2) is 58.4 Å². The van der Waals surface area contributed by atoms with Crippen molar-refractivity contribution in [3.05, 3.63) is 74.7 Å². The summed E-state index contributed by atoms with van der Waals surface area (Å²) in [6, 6.07) is 10.2. The van der Waals surface area contributed by atoms with Crippen molar-refractivity contribution in [1.82, 2.24) is 13.6 Å². The van der Waals surface area contributed by atoms with E-state index in [0.717, 1.165) is 6.42 Å². The third-order valence-electron chi connectivity index (χ3n) is 5.96. The van der Waals surface area contributed by atoms with E-state index in [0.29, 0.717) is 25.3 Å². The van der Waals surface area contributed by atoms with Gasteiger partial charge in [-0.1, -0.05) is 13.0 Å². The van der Waals surface area contributed by atoms with Gasteiger partial charge >= 0.3 is 5.56 Å². The van der Waals surface area contributed by atoms with Crippen LogP contribution in [0.1, 0.15) is 18.9 Å². The van der Waals surface area contributed by atoms with Gasteiger partial charge in [0, 0.05) is 50.9 Å². The summed E-state index contributed by atoms with van der Waals surface area (Å²) in [5, 5.41) is 21.7. The number of pyridine rings is 1. The first-order valence-electron chi connectivity index (χ1n) is 11.0. The molecule has 3 heterocycles. The number of hydrogen-bond donors (Lipinski definition) is 1. The van der Waals surface area contributed by atoms with E-state index in [1.54, 1.807) is 22.9 Å². The third kappa shape index (κ3) is 4.39. The molecule has 4 rings (SSSR count). The largest absolute Gasteiger partial charge is 0.477 e. The molecular formula is C22H26N5O6S+. The predicted molar refractivity (Wildman–Crippen MR) is 123 cm³/mol. The molecule has 0 bridgehead atoms. The Morgan fingerprint density at radius 3 is 2.38 bits per heavy atom. The summed E-state index contributed by atoms with van der Waals surface area (Å²) >= 11 is 0. The lowest BCUT2D eigenvalue weighted by atomic mass is 10.2. The molecule has 1 N–H and O–H groups in total. The first-order chi connectivity index (χ1) is 16.2. The van der Waals surface area contributed by atoms with Crippen LogP contribution in [0.3, 0.4) is 0 Å². The van der Waals surface area contributed by atoms with E-state index < -0.39 is 14.9 Å². The number of piperazine rings is 1. The first-order valence-corrected chi connectivity index (χ1v) is 12.4. The Kier molecular flexibility index (Phi) is 6.64. The minimum Gasteiger partial charge on any atom is -0.477 e. The van der Waals surface area contributed by atoms with Gasteiger partial charge in [0.1, 0.15) is 5.56 Å². The number of fused-ring (bicyclic) bond motifs is 1. The number of aromatic nitrogens is 2. The summed E-state index contributed by atoms with van der Waals surface area (Å²) in [5.41, 5.74) is 0.394. The zero-order valence-corrected chi connectivity index (χ0v) is 19.5. The molecule has 0 atom stereocenters. The molecule has 1 aliphatic heterocycles. The second-order valence-corrected chi connectivity index (χ2v) is 10.1. The number of aromatic hydroxyl groups is 1. The number of nitrogens with zero attached hydrogens (tertiary/aromatic N) is 5. The van der Waals surface area contributed by atoms with Gasteiger partial charge in [-0.25, -0.2) is 13.2 Å². The lowest BCUT2D eigenvalue weighted by Crippen LogP contribution is -2.49. The molecule has 1 aromatic carbocycles. The lowest BCUT2D eigenvalue weighted by molar-refractivity contribution is -0.681. The maximum Gasteiger partial charge on any atom is 0.350 e. The van der Waals surface area contributed by atoms with Gasteiger partial charge in [0.05, 0.1) is 22.6 Å². The summed E-state index contributed by atoms with van der Waals surface area (Å²) in [7, 11) is -3.80. The Balaban J connectivity index is 1.52. The molecule has 0 aliphatic carbocycles. The fraction of sp³-hybridized carbons (Fsp3) is 0.364. The van der Waals surface area contributed by atoms with Gasteiger partial charge in [0.15, 0.2) is 0 Å². The van der Waals surface area contributed by atoms with Crippen molar-refractivity contribution in [3.63, 3.8) is 0 Å². The predicted octanol–water partition coefficient (Wildman–Crippen LogP) is 1.12. The van der Waals surface area contributed by atoms with Crippen LogP contribution in [-0.4, -0.2) is 58.2 Å². The van der Waals surface area contributed by atoms with Crippen LogP contribution in [0.25, 0.3) is 5.65 Å². The molecular weight excluding hydrogens is 462 g/mol. The van der Waals surface area contributed by atoms with Crippen molar-refractivity contribution < 1.29 is 23.0 Å². The summed E-state index contributed by atoms with van der Waals surface area (Å²) in [4.78, 5) is 25.2. The summed E-state index contributed by atoms with van der Waals surface area (Å²) in [6.07, 6.45) is 2.45. The standard InChI is InChI=1S/C22H25N5O6S/c1-2-10-25-20-5-3-4-11-26(20)22(29)19(21(25)28)16-23-12-14-24(15-13-23)34(32,33)18-8-6-17(7-9-18)27(30)31/h3-9,11H,2,10,12-16H2,1H3/p+1. The average Bonchev–Trinajstić information content (AvgIpc) is 2.84. The molecule has 0 spiro atoms. The molecule has 0 unspecified atom stereocenters. The van der Waals surface area contributed by atoms with Crippen LogP contribution < -0.4 is 10.1 Å². The van der Waals surface area contributed by atoms with Gasteiger partial charge in [-0.15, -0.1) is 0 Å². The van der Waals surface area contributed by atoms with Gasteiger partial charge in [0.2, 0.25) is 10.0 Å². The van der Waals surface area contributed by atoms with E-state index in [1.807, 2.05) is 17.9 Å². The zero-order chi connectivity index (χ0) is 24.5. The molecule has 11 nitrogen and oxygen atoms in total. The molecule has 34 heavy (non-hydrogen) atoms. The van der Waals surface area contributed by atoms with Crippen LogP contribution in [-0.2, 0) is 23.1 Å². The van der Waals surface area contributed by atoms with Crippen LogP contribution in [0.2, 0.25) is 0 Å². The van der Waals surface area contributed by atoms with Crippen molar-refractivity contribution in [2.24, 2.45) is 0 Å². The van der Waals surface area contributed by atoms with E-state index in [9.17, 15) is 28.4 Å². The second-order valence-electron chi connectivity index (χ2n) is 8.12. The Morgan fingerprint density at radius 2 is 1.76 bits per heavy atom. The van der Waals surface area contributed by atoms with Crippen LogP contribution in [0.4, 0.5) is 5.69 Å². The monoisotopic (exact) mass is 488 g/mol. The van der Waals surface area contributed by atoms with Crippen molar-refractivity contribution in [2.75, 3.05) is 26.2 Å². The average molecular weight is 489 g/mol. The number of non-ortho nitro benzene ring substituents is 1. The van der Waals surface area contributed by atoms with E-state index >= 15 is 0 Å². The molecule has 0 radical (unpaired) electrons.